The van der Waals surface area contributed by atoms with E-state index in [0.29, 0.717) is 5.82 Å². The highest BCUT2D eigenvalue weighted by Gasteiger charge is 1.97. The summed E-state index contributed by atoms with van der Waals surface area (Å²) in [5.41, 5.74) is 12.1. The Bertz CT molecular complexity index is 144. The van der Waals surface area contributed by atoms with Crippen LogP contribution in [0.15, 0.2) is 24.0 Å². The molecule has 0 saturated carbocycles. The molecule has 0 radical (unpaired) electrons. The number of allylic oxidation sites excluding steroid dienone is 2. The number of hydrogen-bond acceptors (Lipinski definition) is 2. The minimum absolute atomic E-state index is 0.494. The Kier molecular flexibility index (Phi) is 5.35. The van der Waals surface area contributed by atoms with Gasteiger partial charge in [0.2, 0.25) is 0 Å². The molecule has 0 aromatic heterocycles. The van der Waals surface area contributed by atoms with Gasteiger partial charge in [-0.25, -0.2) is 0 Å². The van der Waals surface area contributed by atoms with E-state index in [1.54, 1.807) is 0 Å². The van der Waals surface area contributed by atoms with Crippen LogP contribution in [-0.2, 0) is 0 Å². The van der Waals surface area contributed by atoms with Gasteiger partial charge in [0, 0.05) is 0 Å². The molecule has 0 atom stereocenters. The molecule has 0 aliphatic carbocycles. The predicted molar refractivity (Wildman–Crippen MR) is 49.7 cm³/mol. The summed E-state index contributed by atoms with van der Waals surface area (Å²) in [6, 6.07) is 0. The van der Waals surface area contributed by atoms with Crippen molar-refractivity contribution in [2.75, 3.05) is 0 Å². The van der Waals surface area contributed by atoms with E-state index in [4.69, 9.17) is 11.5 Å². The first-order valence-electron chi connectivity index (χ1n) is 4.06. The maximum absolute atomic E-state index is 5.49. The predicted octanol–water partition coefficient (Wildman–Crippen LogP) is 1.88. The van der Waals surface area contributed by atoms with Crippen molar-refractivity contribution in [1.82, 2.24) is 0 Å². The van der Waals surface area contributed by atoms with Crippen LogP contribution in [0.3, 0.4) is 0 Å². The molecular formula is C9H18N2. The first-order chi connectivity index (χ1) is 5.22. The fourth-order valence-corrected chi connectivity index (χ4v) is 0.992. The van der Waals surface area contributed by atoms with Gasteiger partial charge in [0.15, 0.2) is 0 Å². The number of nitrogens with two attached hydrogens (primary N) is 2. The molecule has 0 fully saturated rings. The van der Waals surface area contributed by atoms with E-state index in [0.717, 1.165) is 25.7 Å². The average Bonchev–Trinajstić information content (AvgIpc) is 1.97. The molecule has 0 saturated heterocycles. The van der Waals surface area contributed by atoms with Gasteiger partial charge < -0.3 is 11.5 Å². The van der Waals surface area contributed by atoms with Crippen LogP contribution in [0.1, 0.15) is 32.6 Å². The maximum Gasteiger partial charge on any atom is 0.0925 e. The molecule has 0 aromatic rings. The van der Waals surface area contributed by atoms with E-state index in [2.05, 4.69) is 13.5 Å². The molecule has 0 heterocycles. The maximum atomic E-state index is 5.49. The normalized spacial score (nSPS) is 9.18. The van der Waals surface area contributed by atoms with Crippen LogP contribution in [0.4, 0.5) is 0 Å². The third-order valence-electron chi connectivity index (χ3n) is 1.61. The summed E-state index contributed by atoms with van der Waals surface area (Å²) >= 11 is 0. The lowest BCUT2D eigenvalue weighted by Gasteiger charge is -2.05. The Labute approximate surface area is 69.0 Å². The average molecular weight is 154 g/mol. The first kappa shape index (κ1) is 10.1. The zero-order valence-corrected chi connectivity index (χ0v) is 7.27. The topological polar surface area (TPSA) is 52.0 Å². The SMILES string of the molecule is C=CCCC(CCC)=C(N)N. The van der Waals surface area contributed by atoms with E-state index in [1.807, 2.05) is 6.08 Å². The zero-order valence-electron chi connectivity index (χ0n) is 7.27. The highest BCUT2D eigenvalue weighted by molar-refractivity contribution is 5.08. The van der Waals surface area contributed by atoms with Gasteiger partial charge in [-0.1, -0.05) is 19.4 Å². The lowest BCUT2D eigenvalue weighted by atomic mass is 10.1. The summed E-state index contributed by atoms with van der Waals surface area (Å²) in [4.78, 5) is 0. The third-order valence-corrected chi connectivity index (χ3v) is 1.61. The molecule has 0 aliphatic rings. The van der Waals surface area contributed by atoms with Gasteiger partial charge in [-0.2, -0.15) is 0 Å². The van der Waals surface area contributed by atoms with Crippen molar-refractivity contribution in [2.45, 2.75) is 32.6 Å². The van der Waals surface area contributed by atoms with E-state index < -0.39 is 0 Å². The molecule has 2 heteroatoms. The second kappa shape index (κ2) is 5.83. The summed E-state index contributed by atoms with van der Waals surface area (Å²) < 4.78 is 0. The lowest BCUT2D eigenvalue weighted by Crippen LogP contribution is -2.12. The first-order valence-corrected chi connectivity index (χ1v) is 4.06. The standard InChI is InChI=1S/C9H18N2/c1-3-5-7-8(6-4-2)9(10)11/h3H,1,4-7,10-11H2,2H3. The van der Waals surface area contributed by atoms with Gasteiger partial charge in [-0.15, -0.1) is 6.58 Å². The van der Waals surface area contributed by atoms with Gasteiger partial charge in [0.25, 0.3) is 0 Å². The van der Waals surface area contributed by atoms with Crippen molar-refractivity contribution in [3.63, 3.8) is 0 Å². The van der Waals surface area contributed by atoms with Crippen molar-refractivity contribution < 1.29 is 0 Å². The molecule has 0 rings (SSSR count). The molecule has 0 amide bonds. The van der Waals surface area contributed by atoms with Crippen LogP contribution in [0.5, 0.6) is 0 Å². The Morgan fingerprint density at radius 3 is 2.36 bits per heavy atom. The van der Waals surface area contributed by atoms with Gasteiger partial charge in [-0.3, -0.25) is 0 Å². The smallest absolute Gasteiger partial charge is 0.0925 e. The van der Waals surface area contributed by atoms with Crippen molar-refractivity contribution in [3.8, 4) is 0 Å². The molecule has 0 aliphatic heterocycles. The Hall–Kier alpha value is -0.920. The molecule has 11 heavy (non-hydrogen) atoms. The Morgan fingerprint density at radius 2 is 2.00 bits per heavy atom. The van der Waals surface area contributed by atoms with Crippen LogP contribution in [0, 0.1) is 0 Å². The van der Waals surface area contributed by atoms with E-state index >= 15 is 0 Å². The molecule has 0 bridgehead atoms. The van der Waals surface area contributed by atoms with Crippen molar-refractivity contribution in [3.05, 3.63) is 24.0 Å². The molecule has 4 N–H and O–H groups in total. The van der Waals surface area contributed by atoms with Crippen molar-refractivity contribution in [2.24, 2.45) is 11.5 Å². The summed E-state index contributed by atoms with van der Waals surface area (Å²) in [5, 5.41) is 0. The van der Waals surface area contributed by atoms with Gasteiger partial charge >= 0.3 is 0 Å². The van der Waals surface area contributed by atoms with Crippen LogP contribution in [-0.4, -0.2) is 0 Å². The molecule has 0 aromatic carbocycles. The fraction of sp³-hybridized carbons (Fsp3) is 0.556. The Morgan fingerprint density at radius 1 is 1.36 bits per heavy atom. The summed E-state index contributed by atoms with van der Waals surface area (Å²) in [6.07, 6.45) is 5.92. The van der Waals surface area contributed by atoms with E-state index in [-0.39, 0.29) is 0 Å². The monoisotopic (exact) mass is 154 g/mol. The molecule has 2 nitrogen and oxygen atoms in total. The van der Waals surface area contributed by atoms with Gasteiger partial charge in [0.05, 0.1) is 5.82 Å². The largest absolute Gasteiger partial charge is 0.386 e. The second-order valence-corrected chi connectivity index (χ2v) is 2.64. The number of hydrogen-bond donors (Lipinski definition) is 2. The summed E-state index contributed by atoms with van der Waals surface area (Å²) in [5.74, 6) is 0.494. The molecular weight excluding hydrogens is 136 g/mol. The molecule has 64 valence electrons. The molecule has 0 unspecified atom stereocenters. The highest BCUT2D eigenvalue weighted by atomic mass is 14.8. The Balaban J connectivity index is 3.90. The van der Waals surface area contributed by atoms with Gasteiger partial charge in [0.1, 0.15) is 0 Å². The van der Waals surface area contributed by atoms with Crippen LogP contribution < -0.4 is 11.5 Å². The minimum atomic E-state index is 0.494. The fourth-order valence-electron chi connectivity index (χ4n) is 0.992. The van der Waals surface area contributed by atoms with E-state index in [1.165, 1.54) is 5.57 Å². The summed E-state index contributed by atoms with van der Waals surface area (Å²) in [7, 11) is 0. The van der Waals surface area contributed by atoms with Crippen LogP contribution >= 0.6 is 0 Å². The van der Waals surface area contributed by atoms with Crippen molar-refractivity contribution in [1.29, 1.82) is 0 Å². The lowest BCUT2D eigenvalue weighted by molar-refractivity contribution is 0.806. The van der Waals surface area contributed by atoms with Crippen LogP contribution in [0.25, 0.3) is 0 Å². The summed E-state index contributed by atoms with van der Waals surface area (Å²) in [6.45, 7) is 5.77. The zero-order chi connectivity index (χ0) is 8.69. The minimum Gasteiger partial charge on any atom is -0.386 e. The van der Waals surface area contributed by atoms with Crippen molar-refractivity contribution >= 4 is 0 Å². The second-order valence-electron chi connectivity index (χ2n) is 2.64. The third kappa shape index (κ3) is 4.48. The highest BCUT2D eigenvalue weighted by Crippen LogP contribution is 2.12. The van der Waals surface area contributed by atoms with Gasteiger partial charge in [-0.05, 0) is 24.8 Å². The number of rotatable bonds is 5. The van der Waals surface area contributed by atoms with E-state index in [9.17, 15) is 0 Å². The quantitative estimate of drug-likeness (QED) is 0.594. The molecule has 0 spiro atoms. The van der Waals surface area contributed by atoms with Crippen LogP contribution in [0.2, 0.25) is 0 Å².